The van der Waals surface area contributed by atoms with Crippen LogP contribution in [0.25, 0.3) is 0 Å². The third-order valence-corrected chi connectivity index (χ3v) is 3.17. The van der Waals surface area contributed by atoms with Gasteiger partial charge in [0.1, 0.15) is 18.2 Å². The van der Waals surface area contributed by atoms with Crippen molar-refractivity contribution in [3.63, 3.8) is 0 Å². The number of nitrogens with zero attached hydrogens (tertiary/aromatic N) is 3. The summed E-state index contributed by atoms with van der Waals surface area (Å²) >= 11 is 0. The van der Waals surface area contributed by atoms with E-state index >= 15 is 0 Å². The van der Waals surface area contributed by atoms with Crippen LogP contribution in [0.1, 0.15) is 25.5 Å². The van der Waals surface area contributed by atoms with Gasteiger partial charge in [0.2, 0.25) is 0 Å². The molecule has 2 aromatic rings. The van der Waals surface area contributed by atoms with Crippen molar-refractivity contribution in [1.29, 1.82) is 0 Å². The first-order valence-corrected chi connectivity index (χ1v) is 7.15. The Hall–Kier alpha value is -1.86. The van der Waals surface area contributed by atoms with Crippen molar-refractivity contribution in [2.24, 2.45) is 0 Å². The second kappa shape index (κ2) is 7.24. The zero-order chi connectivity index (χ0) is 15.2. The van der Waals surface area contributed by atoms with E-state index in [0.717, 1.165) is 24.5 Å². The molecule has 1 aromatic heterocycles. The van der Waals surface area contributed by atoms with Gasteiger partial charge in [0.05, 0.1) is 6.54 Å². The number of aromatic nitrogens is 3. The summed E-state index contributed by atoms with van der Waals surface area (Å²) < 4.78 is 7.51. The molecule has 0 saturated carbocycles. The molecule has 0 saturated heterocycles. The second-order valence-corrected chi connectivity index (χ2v) is 4.67. The zero-order valence-electron chi connectivity index (χ0n) is 12.4. The smallest absolute Gasteiger partial charge is 0.488 e. The van der Waals surface area contributed by atoms with Gasteiger partial charge in [0, 0.05) is 12.8 Å². The van der Waals surface area contributed by atoms with Crippen LogP contribution >= 0.6 is 0 Å². The van der Waals surface area contributed by atoms with Crippen LogP contribution in [-0.2, 0) is 19.4 Å². The lowest BCUT2D eigenvalue weighted by atomic mass is 9.80. The summed E-state index contributed by atoms with van der Waals surface area (Å²) in [5.74, 6) is 2.51. The van der Waals surface area contributed by atoms with Crippen LogP contribution in [0.4, 0.5) is 0 Å². The monoisotopic (exact) mass is 289 g/mol. The van der Waals surface area contributed by atoms with Crippen LogP contribution < -0.4 is 10.2 Å². The molecule has 0 radical (unpaired) electrons. The van der Waals surface area contributed by atoms with Crippen molar-refractivity contribution >= 4 is 12.6 Å². The molecule has 112 valence electrons. The fraction of sp³-hybridized carbons (Fsp3) is 0.429. The van der Waals surface area contributed by atoms with Crippen LogP contribution in [0.5, 0.6) is 5.75 Å². The van der Waals surface area contributed by atoms with Gasteiger partial charge >= 0.3 is 7.12 Å². The first-order chi connectivity index (χ1) is 10.1. The molecule has 0 unspecified atom stereocenters. The van der Waals surface area contributed by atoms with E-state index in [9.17, 15) is 0 Å². The predicted molar refractivity (Wildman–Crippen MR) is 80.5 cm³/mol. The van der Waals surface area contributed by atoms with Gasteiger partial charge < -0.3 is 14.8 Å². The zero-order valence-corrected chi connectivity index (χ0v) is 12.4. The van der Waals surface area contributed by atoms with Crippen molar-refractivity contribution in [3.8, 4) is 5.75 Å². The van der Waals surface area contributed by atoms with Gasteiger partial charge in [-0.1, -0.05) is 26.0 Å². The van der Waals surface area contributed by atoms with Crippen LogP contribution in [-0.4, -0.2) is 38.5 Å². The molecule has 2 N–H and O–H groups in total. The molecule has 0 fully saturated rings. The number of hydrogen-bond donors (Lipinski definition) is 2. The van der Waals surface area contributed by atoms with E-state index in [4.69, 9.17) is 14.8 Å². The molecule has 0 aliphatic carbocycles. The molecule has 0 bridgehead atoms. The Morgan fingerprint density at radius 2 is 1.86 bits per heavy atom. The van der Waals surface area contributed by atoms with Crippen molar-refractivity contribution in [2.75, 3.05) is 6.61 Å². The lowest BCUT2D eigenvalue weighted by molar-refractivity contribution is 0.288. The number of rotatable bonds is 7. The fourth-order valence-electron chi connectivity index (χ4n) is 2.00. The minimum Gasteiger partial charge on any atom is -0.492 e. The van der Waals surface area contributed by atoms with Gasteiger partial charge in [-0.15, -0.1) is 0 Å². The highest BCUT2D eigenvalue weighted by molar-refractivity contribution is 6.58. The minimum absolute atomic E-state index is 0.444. The molecular weight excluding hydrogens is 269 g/mol. The Bertz CT molecular complexity index is 569. The Morgan fingerprint density at radius 3 is 2.43 bits per heavy atom. The Balaban J connectivity index is 1.90. The van der Waals surface area contributed by atoms with Gasteiger partial charge in [0.15, 0.2) is 5.82 Å². The Labute approximate surface area is 124 Å². The molecule has 0 amide bonds. The fourth-order valence-corrected chi connectivity index (χ4v) is 2.00. The Kier molecular flexibility index (Phi) is 5.35. The number of benzene rings is 1. The molecule has 7 heteroatoms. The molecule has 1 aromatic carbocycles. The second-order valence-electron chi connectivity index (χ2n) is 4.67. The molecular formula is C14H20BN3O3. The Morgan fingerprint density at radius 1 is 1.14 bits per heavy atom. The topological polar surface area (TPSA) is 80.4 Å². The summed E-state index contributed by atoms with van der Waals surface area (Å²) in [4.78, 5) is 4.44. The molecule has 2 rings (SSSR count). The van der Waals surface area contributed by atoms with E-state index in [1.807, 2.05) is 11.6 Å². The summed E-state index contributed by atoms with van der Waals surface area (Å²) in [5.41, 5.74) is 0.444. The van der Waals surface area contributed by atoms with Crippen molar-refractivity contribution in [3.05, 3.63) is 35.9 Å². The molecule has 1 heterocycles. The van der Waals surface area contributed by atoms with Gasteiger partial charge in [0.25, 0.3) is 0 Å². The number of hydrogen-bond acceptors (Lipinski definition) is 5. The molecule has 6 nitrogen and oxygen atoms in total. The average Bonchev–Trinajstić information content (AvgIpc) is 2.90. The van der Waals surface area contributed by atoms with Crippen molar-refractivity contribution < 1.29 is 14.8 Å². The van der Waals surface area contributed by atoms with E-state index in [-0.39, 0.29) is 0 Å². The summed E-state index contributed by atoms with van der Waals surface area (Å²) in [6.45, 7) is 5.22. The van der Waals surface area contributed by atoms with Crippen LogP contribution in [0.2, 0.25) is 0 Å². The van der Waals surface area contributed by atoms with Crippen LogP contribution in [0, 0.1) is 0 Å². The van der Waals surface area contributed by atoms with Crippen molar-refractivity contribution in [1.82, 2.24) is 14.8 Å². The maximum atomic E-state index is 9.02. The minimum atomic E-state index is -1.45. The number of ether oxygens (including phenoxy) is 1. The molecule has 0 spiro atoms. The molecule has 0 aliphatic rings. The summed E-state index contributed by atoms with van der Waals surface area (Å²) in [6, 6.07) is 6.69. The maximum Gasteiger partial charge on any atom is 0.488 e. The van der Waals surface area contributed by atoms with E-state index < -0.39 is 7.12 Å². The van der Waals surface area contributed by atoms with E-state index in [1.165, 1.54) is 0 Å². The largest absolute Gasteiger partial charge is 0.492 e. The molecule has 0 aliphatic heterocycles. The van der Waals surface area contributed by atoms with Crippen LogP contribution in [0.15, 0.2) is 24.3 Å². The third-order valence-electron chi connectivity index (χ3n) is 3.17. The van der Waals surface area contributed by atoms with Gasteiger partial charge in [-0.2, -0.15) is 5.10 Å². The lowest BCUT2D eigenvalue weighted by Crippen LogP contribution is -2.29. The average molecular weight is 289 g/mol. The first kappa shape index (κ1) is 15.5. The highest BCUT2D eigenvalue weighted by atomic mass is 16.5. The summed E-state index contributed by atoms with van der Waals surface area (Å²) in [5, 5.41) is 22.5. The lowest BCUT2D eigenvalue weighted by Gasteiger charge is -2.08. The van der Waals surface area contributed by atoms with Gasteiger partial charge in [-0.3, -0.25) is 0 Å². The molecule has 0 atom stereocenters. The van der Waals surface area contributed by atoms with E-state index in [2.05, 4.69) is 17.0 Å². The van der Waals surface area contributed by atoms with Gasteiger partial charge in [-0.05, 0) is 17.6 Å². The first-order valence-electron chi connectivity index (χ1n) is 7.15. The standard InChI is InChI=1S/C14H20BN3O3/c1-3-13-16-14(4-2)18(17-13)9-10-21-12-7-5-11(6-8-12)15(19)20/h5-8,19-20H,3-4,9-10H2,1-2H3. The number of aryl methyl sites for hydroxylation is 2. The highest BCUT2D eigenvalue weighted by Gasteiger charge is 2.10. The maximum absolute atomic E-state index is 9.02. The van der Waals surface area contributed by atoms with Gasteiger partial charge in [-0.25, -0.2) is 9.67 Å². The SMILES string of the molecule is CCc1nc(CC)n(CCOc2ccc(B(O)O)cc2)n1. The quantitative estimate of drug-likeness (QED) is 0.710. The van der Waals surface area contributed by atoms with Crippen LogP contribution in [0.3, 0.4) is 0 Å². The predicted octanol–water partition coefficient (Wildman–Crippen LogP) is 0.162. The highest BCUT2D eigenvalue weighted by Crippen LogP contribution is 2.08. The normalized spacial score (nSPS) is 10.7. The third kappa shape index (κ3) is 4.06. The van der Waals surface area contributed by atoms with E-state index in [1.54, 1.807) is 24.3 Å². The van der Waals surface area contributed by atoms with E-state index in [0.29, 0.717) is 24.4 Å². The summed E-state index contributed by atoms with van der Waals surface area (Å²) in [7, 11) is -1.45. The van der Waals surface area contributed by atoms with Crippen molar-refractivity contribution in [2.45, 2.75) is 33.2 Å². The summed E-state index contributed by atoms with van der Waals surface area (Å²) in [6.07, 6.45) is 1.67. The molecule has 21 heavy (non-hydrogen) atoms.